The van der Waals surface area contributed by atoms with Crippen molar-refractivity contribution in [3.05, 3.63) is 71.8 Å². The Morgan fingerprint density at radius 3 is 2.40 bits per heavy atom. The SMILES string of the molecule is COC(=O)CCc1cccc(OCc2ccc(-c3cc(OC)ccc3N)c(N)c2)c1. The summed E-state index contributed by atoms with van der Waals surface area (Å²) in [5, 5.41) is 0. The Morgan fingerprint density at radius 2 is 1.67 bits per heavy atom. The van der Waals surface area contributed by atoms with Gasteiger partial charge in [0.2, 0.25) is 0 Å². The topological polar surface area (TPSA) is 96.8 Å². The van der Waals surface area contributed by atoms with Crippen molar-refractivity contribution in [2.45, 2.75) is 19.4 Å². The molecule has 0 spiro atoms. The first-order valence-electron chi connectivity index (χ1n) is 9.61. The largest absolute Gasteiger partial charge is 0.497 e. The van der Waals surface area contributed by atoms with E-state index in [2.05, 4.69) is 4.74 Å². The van der Waals surface area contributed by atoms with Gasteiger partial charge < -0.3 is 25.7 Å². The summed E-state index contributed by atoms with van der Waals surface area (Å²) in [6.45, 7) is 0.374. The Balaban J connectivity index is 1.69. The second-order valence-electron chi connectivity index (χ2n) is 6.89. The second-order valence-corrected chi connectivity index (χ2v) is 6.89. The van der Waals surface area contributed by atoms with Crippen molar-refractivity contribution in [1.82, 2.24) is 0 Å². The lowest BCUT2D eigenvalue weighted by atomic mass is 10.00. The van der Waals surface area contributed by atoms with E-state index in [4.69, 9.17) is 20.9 Å². The third kappa shape index (κ3) is 5.23. The molecular weight excluding hydrogens is 380 g/mol. The average molecular weight is 406 g/mol. The number of methoxy groups -OCH3 is 2. The highest BCUT2D eigenvalue weighted by molar-refractivity contribution is 5.85. The third-order valence-corrected chi connectivity index (χ3v) is 4.82. The monoisotopic (exact) mass is 406 g/mol. The summed E-state index contributed by atoms with van der Waals surface area (Å²) in [6.07, 6.45) is 0.943. The number of carbonyl (C=O) groups is 1. The van der Waals surface area contributed by atoms with Gasteiger partial charge >= 0.3 is 5.97 Å². The Bertz CT molecular complexity index is 1030. The van der Waals surface area contributed by atoms with E-state index >= 15 is 0 Å². The van der Waals surface area contributed by atoms with Gasteiger partial charge in [-0.25, -0.2) is 0 Å². The van der Waals surface area contributed by atoms with Crippen LogP contribution in [0.2, 0.25) is 0 Å². The zero-order valence-electron chi connectivity index (χ0n) is 17.2. The molecule has 0 aromatic heterocycles. The number of esters is 1. The normalized spacial score (nSPS) is 10.5. The number of ether oxygens (including phenoxy) is 3. The van der Waals surface area contributed by atoms with E-state index in [-0.39, 0.29) is 5.97 Å². The molecule has 3 rings (SSSR count). The van der Waals surface area contributed by atoms with Crippen molar-refractivity contribution in [3.8, 4) is 22.6 Å². The zero-order valence-corrected chi connectivity index (χ0v) is 17.2. The van der Waals surface area contributed by atoms with E-state index < -0.39 is 0 Å². The second kappa shape index (κ2) is 9.69. The number of rotatable bonds is 8. The fourth-order valence-electron chi connectivity index (χ4n) is 3.15. The van der Waals surface area contributed by atoms with Crippen molar-refractivity contribution < 1.29 is 19.0 Å². The number of anilines is 2. The summed E-state index contributed by atoms with van der Waals surface area (Å²) < 4.78 is 15.9. The fraction of sp³-hybridized carbons (Fsp3) is 0.208. The van der Waals surface area contributed by atoms with Crippen molar-refractivity contribution in [3.63, 3.8) is 0 Å². The summed E-state index contributed by atoms with van der Waals surface area (Å²) >= 11 is 0. The van der Waals surface area contributed by atoms with Crippen LogP contribution >= 0.6 is 0 Å². The van der Waals surface area contributed by atoms with Crippen LogP contribution in [-0.2, 0) is 22.6 Å². The molecule has 0 aliphatic rings. The summed E-state index contributed by atoms with van der Waals surface area (Å²) in [7, 11) is 3.00. The molecule has 6 heteroatoms. The molecule has 30 heavy (non-hydrogen) atoms. The van der Waals surface area contributed by atoms with Gasteiger partial charge in [0.1, 0.15) is 18.1 Å². The lowest BCUT2D eigenvalue weighted by Crippen LogP contribution is -2.02. The highest BCUT2D eigenvalue weighted by atomic mass is 16.5. The lowest BCUT2D eigenvalue weighted by Gasteiger charge is -2.13. The molecule has 0 fully saturated rings. The molecule has 0 bridgehead atoms. The van der Waals surface area contributed by atoms with Crippen LogP contribution in [0.25, 0.3) is 11.1 Å². The average Bonchev–Trinajstić information content (AvgIpc) is 2.77. The summed E-state index contributed by atoms with van der Waals surface area (Å²) in [5.41, 5.74) is 17.3. The van der Waals surface area contributed by atoms with Crippen LogP contribution in [0.15, 0.2) is 60.7 Å². The maximum Gasteiger partial charge on any atom is 0.305 e. The van der Waals surface area contributed by atoms with Crippen LogP contribution in [0.3, 0.4) is 0 Å². The molecule has 0 aliphatic carbocycles. The van der Waals surface area contributed by atoms with Crippen LogP contribution in [0, 0.1) is 0 Å². The molecular formula is C24H26N2O4. The van der Waals surface area contributed by atoms with Crippen molar-refractivity contribution in [2.24, 2.45) is 0 Å². The van der Waals surface area contributed by atoms with E-state index in [0.717, 1.165) is 33.8 Å². The smallest absolute Gasteiger partial charge is 0.305 e. The molecule has 156 valence electrons. The number of nitrogen functional groups attached to an aromatic ring is 2. The van der Waals surface area contributed by atoms with Gasteiger partial charge in [0.15, 0.2) is 0 Å². The van der Waals surface area contributed by atoms with Gasteiger partial charge in [-0.05, 0) is 53.9 Å². The van der Waals surface area contributed by atoms with Crippen LogP contribution in [0.5, 0.6) is 11.5 Å². The molecule has 0 atom stereocenters. The molecule has 4 N–H and O–H groups in total. The van der Waals surface area contributed by atoms with Crippen molar-refractivity contribution >= 4 is 17.3 Å². The van der Waals surface area contributed by atoms with Crippen LogP contribution in [-0.4, -0.2) is 20.2 Å². The third-order valence-electron chi connectivity index (χ3n) is 4.82. The molecule has 6 nitrogen and oxygen atoms in total. The minimum Gasteiger partial charge on any atom is -0.497 e. The first kappa shape index (κ1) is 21.0. The van der Waals surface area contributed by atoms with Gasteiger partial charge in [-0.15, -0.1) is 0 Å². The molecule has 0 radical (unpaired) electrons. The predicted molar refractivity (Wildman–Crippen MR) is 118 cm³/mol. The standard InChI is InChI=1S/C24H26N2O4/c1-28-18-8-10-22(25)21(14-18)20-9-6-17(13-23(20)26)15-30-19-5-3-4-16(12-19)7-11-24(27)29-2/h3-6,8-10,12-14H,7,11,15,25-26H2,1-2H3. The number of aryl methyl sites for hydroxylation is 1. The Labute approximate surface area is 176 Å². The van der Waals surface area contributed by atoms with Crippen LogP contribution in [0.1, 0.15) is 17.5 Å². The minimum absolute atomic E-state index is 0.228. The Morgan fingerprint density at radius 1 is 0.833 bits per heavy atom. The van der Waals surface area contributed by atoms with Crippen molar-refractivity contribution in [1.29, 1.82) is 0 Å². The molecule has 0 saturated carbocycles. The van der Waals surface area contributed by atoms with Gasteiger partial charge in [0.05, 0.1) is 14.2 Å². The number of hydrogen-bond acceptors (Lipinski definition) is 6. The highest BCUT2D eigenvalue weighted by Gasteiger charge is 2.10. The number of hydrogen-bond donors (Lipinski definition) is 2. The number of benzene rings is 3. The summed E-state index contributed by atoms with van der Waals surface area (Å²) in [5.74, 6) is 1.23. The molecule has 0 unspecified atom stereocenters. The Kier molecular flexibility index (Phi) is 6.80. The predicted octanol–water partition coefficient (Wildman–Crippen LogP) is 4.21. The van der Waals surface area contributed by atoms with Crippen LogP contribution in [0.4, 0.5) is 11.4 Å². The van der Waals surface area contributed by atoms with Crippen LogP contribution < -0.4 is 20.9 Å². The van der Waals surface area contributed by atoms with Gasteiger partial charge in [0.25, 0.3) is 0 Å². The fourth-order valence-corrected chi connectivity index (χ4v) is 3.15. The number of nitrogens with two attached hydrogens (primary N) is 2. The maximum atomic E-state index is 11.3. The lowest BCUT2D eigenvalue weighted by molar-refractivity contribution is -0.140. The van der Waals surface area contributed by atoms with Gasteiger partial charge in [0, 0.05) is 28.9 Å². The highest BCUT2D eigenvalue weighted by Crippen LogP contribution is 2.34. The minimum atomic E-state index is -0.228. The quantitative estimate of drug-likeness (QED) is 0.430. The Hall–Kier alpha value is -3.67. The van der Waals surface area contributed by atoms with Gasteiger partial charge in [-0.1, -0.05) is 24.3 Å². The summed E-state index contributed by atoms with van der Waals surface area (Å²) in [4.78, 5) is 11.3. The van der Waals surface area contributed by atoms with Gasteiger partial charge in [-0.3, -0.25) is 4.79 Å². The first-order chi connectivity index (χ1) is 14.5. The molecule has 0 amide bonds. The van der Waals surface area contributed by atoms with Crippen molar-refractivity contribution in [2.75, 3.05) is 25.7 Å². The van der Waals surface area contributed by atoms with Gasteiger partial charge in [-0.2, -0.15) is 0 Å². The molecule has 0 heterocycles. The zero-order chi connectivity index (χ0) is 21.5. The van der Waals surface area contributed by atoms with E-state index in [1.807, 2.05) is 54.6 Å². The first-order valence-corrected chi connectivity index (χ1v) is 9.61. The molecule has 3 aromatic carbocycles. The number of carbonyl (C=O) groups excluding carboxylic acids is 1. The van der Waals surface area contributed by atoms with E-state index in [1.54, 1.807) is 13.2 Å². The molecule has 0 aliphatic heterocycles. The van der Waals surface area contributed by atoms with E-state index in [9.17, 15) is 4.79 Å². The molecule has 3 aromatic rings. The van der Waals surface area contributed by atoms with E-state index in [0.29, 0.717) is 30.8 Å². The maximum absolute atomic E-state index is 11.3. The molecule has 0 saturated heterocycles. The summed E-state index contributed by atoms with van der Waals surface area (Å²) in [6, 6.07) is 19.0. The van der Waals surface area contributed by atoms with E-state index in [1.165, 1.54) is 7.11 Å².